The van der Waals surface area contributed by atoms with E-state index in [4.69, 9.17) is 16.5 Å². The molecule has 0 amide bonds. The molecule has 10 aromatic rings. The van der Waals surface area contributed by atoms with Gasteiger partial charge in [0.2, 0.25) is 0 Å². The molecule has 0 aliphatic heterocycles. The molecule has 49 heavy (non-hydrogen) atoms. The first-order valence-corrected chi connectivity index (χ1v) is 17.7. The van der Waals surface area contributed by atoms with E-state index in [9.17, 15) is 0 Å². The molecular formula is C43H24N4S2. The molecule has 0 N–H and O–H groups in total. The highest BCUT2D eigenvalue weighted by atomic mass is 32.1. The van der Waals surface area contributed by atoms with Crippen LogP contribution in [0.3, 0.4) is 0 Å². The Balaban J connectivity index is 1.24. The van der Waals surface area contributed by atoms with Gasteiger partial charge in [0.25, 0.3) is 0 Å². The first-order chi connectivity index (χ1) is 24.2. The Morgan fingerprint density at radius 2 is 1.08 bits per heavy atom. The second kappa shape index (κ2) is 11.0. The van der Waals surface area contributed by atoms with Crippen LogP contribution in [0.5, 0.6) is 0 Å². The Kier molecular flexibility index (Phi) is 6.25. The number of nitrogens with zero attached hydrogens (tertiary/aromatic N) is 4. The number of para-hydroxylation sites is 2. The van der Waals surface area contributed by atoms with Crippen molar-refractivity contribution in [1.29, 1.82) is 0 Å². The number of rotatable bonds is 4. The van der Waals surface area contributed by atoms with E-state index in [1.807, 2.05) is 30.3 Å². The highest BCUT2D eigenvalue weighted by molar-refractivity contribution is 7.22. The van der Waals surface area contributed by atoms with Gasteiger partial charge in [0.1, 0.15) is 10.0 Å². The molecule has 0 unspecified atom stereocenters. The topological polar surface area (TPSA) is 35.1 Å². The molecule has 6 heteroatoms. The molecule has 228 valence electrons. The van der Waals surface area contributed by atoms with Crippen molar-refractivity contribution in [1.82, 2.24) is 14.5 Å². The summed E-state index contributed by atoms with van der Waals surface area (Å²) >= 11 is 3.46. The van der Waals surface area contributed by atoms with E-state index in [1.165, 1.54) is 20.2 Å². The maximum absolute atomic E-state index is 7.56. The summed E-state index contributed by atoms with van der Waals surface area (Å²) in [6.45, 7) is 7.56. The molecule has 3 aromatic heterocycles. The van der Waals surface area contributed by atoms with Crippen LogP contribution in [0.4, 0.5) is 5.69 Å². The molecule has 0 bridgehead atoms. The predicted octanol–water partition coefficient (Wildman–Crippen LogP) is 12.7. The average molecular weight is 661 g/mol. The molecule has 0 saturated carbocycles. The van der Waals surface area contributed by atoms with Gasteiger partial charge in [-0.3, -0.25) is 0 Å². The maximum Gasteiger partial charge on any atom is 0.187 e. The highest BCUT2D eigenvalue weighted by Gasteiger charge is 2.19. The zero-order chi connectivity index (χ0) is 32.5. The van der Waals surface area contributed by atoms with Crippen molar-refractivity contribution in [3.05, 3.63) is 157 Å². The molecule has 0 radical (unpaired) electrons. The highest BCUT2D eigenvalue weighted by Crippen LogP contribution is 2.42. The molecule has 0 aliphatic carbocycles. The molecule has 0 aliphatic rings. The van der Waals surface area contributed by atoms with Crippen LogP contribution in [0, 0.1) is 6.57 Å². The molecule has 4 nitrogen and oxygen atoms in total. The number of thiazole rings is 2. The Bertz CT molecular complexity index is 2780. The van der Waals surface area contributed by atoms with Gasteiger partial charge < -0.3 is 4.57 Å². The largest absolute Gasteiger partial charge is 0.309 e. The first kappa shape index (κ1) is 27.9. The standard InChI is InChI=1S/C43H24N4S2/c1-44-29-10-8-9-26(23-29)30-19-22-37(32-12-3-2-11-31(30)32)47-38-20-17-27(42-45-35-13-4-6-15-40(35)48-42)24-33(38)34-25-28(18-21-39(34)47)43-46-36-14-5-7-16-41(36)49-43/h2-25H. The molecule has 0 spiro atoms. The number of hydrogen-bond acceptors (Lipinski definition) is 4. The number of aromatic nitrogens is 3. The molecule has 0 atom stereocenters. The van der Waals surface area contributed by atoms with E-state index in [0.29, 0.717) is 5.69 Å². The predicted molar refractivity (Wildman–Crippen MR) is 207 cm³/mol. The van der Waals surface area contributed by atoms with Crippen LogP contribution >= 0.6 is 22.7 Å². The Morgan fingerprint density at radius 1 is 0.490 bits per heavy atom. The summed E-state index contributed by atoms with van der Waals surface area (Å²) in [5, 5.41) is 6.68. The zero-order valence-corrected chi connectivity index (χ0v) is 27.6. The fraction of sp³-hybridized carbons (Fsp3) is 0. The van der Waals surface area contributed by atoms with Crippen LogP contribution in [-0.4, -0.2) is 14.5 Å². The van der Waals surface area contributed by atoms with E-state index in [2.05, 4.69) is 125 Å². The van der Waals surface area contributed by atoms with Crippen LogP contribution in [0.15, 0.2) is 146 Å². The number of hydrogen-bond donors (Lipinski definition) is 0. The second-order valence-electron chi connectivity index (χ2n) is 12.1. The summed E-state index contributed by atoms with van der Waals surface area (Å²) < 4.78 is 4.77. The lowest BCUT2D eigenvalue weighted by molar-refractivity contribution is 1.20. The third-order valence-electron chi connectivity index (χ3n) is 9.27. The van der Waals surface area contributed by atoms with Crippen LogP contribution in [0.25, 0.3) is 95.8 Å². The maximum atomic E-state index is 7.56. The van der Waals surface area contributed by atoms with Gasteiger partial charge in [0, 0.05) is 27.3 Å². The third-order valence-corrected chi connectivity index (χ3v) is 11.4. The third kappa shape index (κ3) is 4.48. The second-order valence-corrected chi connectivity index (χ2v) is 14.2. The summed E-state index contributed by atoms with van der Waals surface area (Å²) in [6, 6.07) is 51.1. The Morgan fingerprint density at radius 3 is 1.69 bits per heavy atom. The van der Waals surface area contributed by atoms with Gasteiger partial charge in [-0.05, 0) is 89.3 Å². The SMILES string of the molecule is [C-]#[N+]c1cccc(-c2ccc(-n3c4ccc(-c5nc6ccccc6s5)cc4c4cc(-c5nc6ccccc6s5)ccc43)c3ccccc23)c1. The van der Waals surface area contributed by atoms with Crippen LogP contribution in [0.2, 0.25) is 0 Å². The van der Waals surface area contributed by atoms with Crippen molar-refractivity contribution in [2.24, 2.45) is 0 Å². The minimum Gasteiger partial charge on any atom is -0.309 e. The van der Waals surface area contributed by atoms with E-state index < -0.39 is 0 Å². The average Bonchev–Trinajstić information content (AvgIpc) is 3.88. The fourth-order valence-corrected chi connectivity index (χ4v) is 8.94. The van der Waals surface area contributed by atoms with E-state index in [1.54, 1.807) is 22.7 Å². The summed E-state index contributed by atoms with van der Waals surface area (Å²) in [5.74, 6) is 0. The quantitative estimate of drug-likeness (QED) is 0.176. The smallest absolute Gasteiger partial charge is 0.187 e. The summed E-state index contributed by atoms with van der Waals surface area (Å²) in [6.07, 6.45) is 0. The monoisotopic (exact) mass is 660 g/mol. The lowest BCUT2D eigenvalue weighted by Crippen LogP contribution is -1.96. The van der Waals surface area contributed by atoms with Crippen molar-refractivity contribution in [3.8, 4) is 38.0 Å². The van der Waals surface area contributed by atoms with Crippen molar-refractivity contribution in [2.75, 3.05) is 0 Å². The summed E-state index contributed by atoms with van der Waals surface area (Å²) in [7, 11) is 0. The molecule has 3 heterocycles. The molecule has 0 saturated heterocycles. The molecule has 0 fully saturated rings. The van der Waals surface area contributed by atoms with Crippen molar-refractivity contribution < 1.29 is 0 Å². The Labute approximate surface area is 289 Å². The zero-order valence-electron chi connectivity index (χ0n) is 26.0. The normalized spacial score (nSPS) is 11.7. The van der Waals surface area contributed by atoms with E-state index in [-0.39, 0.29) is 0 Å². The van der Waals surface area contributed by atoms with Gasteiger partial charge in [0.05, 0.1) is 43.7 Å². The van der Waals surface area contributed by atoms with Gasteiger partial charge in [-0.25, -0.2) is 14.8 Å². The van der Waals surface area contributed by atoms with Gasteiger partial charge in [0.15, 0.2) is 5.69 Å². The van der Waals surface area contributed by atoms with Gasteiger partial charge in [-0.15, -0.1) is 22.7 Å². The number of benzene rings is 7. The van der Waals surface area contributed by atoms with Gasteiger partial charge in [-0.2, -0.15) is 0 Å². The first-order valence-electron chi connectivity index (χ1n) is 16.0. The van der Waals surface area contributed by atoms with Gasteiger partial charge >= 0.3 is 0 Å². The van der Waals surface area contributed by atoms with Gasteiger partial charge in [-0.1, -0.05) is 72.8 Å². The van der Waals surface area contributed by atoms with E-state index >= 15 is 0 Å². The van der Waals surface area contributed by atoms with Crippen molar-refractivity contribution >= 4 is 81.4 Å². The van der Waals surface area contributed by atoms with Crippen LogP contribution < -0.4 is 0 Å². The van der Waals surface area contributed by atoms with Crippen LogP contribution in [-0.2, 0) is 0 Å². The van der Waals surface area contributed by atoms with Crippen LogP contribution in [0.1, 0.15) is 0 Å². The van der Waals surface area contributed by atoms with Crippen molar-refractivity contribution in [2.45, 2.75) is 0 Å². The lowest BCUT2D eigenvalue weighted by Gasteiger charge is -2.15. The summed E-state index contributed by atoms with van der Waals surface area (Å²) in [4.78, 5) is 13.7. The lowest BCUT2D eigenvalue weighted by atomic mass is 9.96. The van der Waals surface area contributed by atoms with E-state index in [0.717, 1.165) is 70.8 Å². The van der Waals surface area contributed by atoms with Crippen molar-refractivity contribution in [3.63, 3.8) is 0 Å². The molecule has 10 rings (SSSR count). The molecule has 7 aromatic carbocycles. The minimum absolute atomic E-state index is 0.640. The fourth-order valence-electron chi connectivity index (χ4n) is 7.01. The Hall–Kier alpha value is -6.13. The number of fused-ring (bicyclic) bond motifs is 6. The minimum atomic E-state index is 0.640. The molecular weight excluding hydrogens is 637 g/mol. The summed E-state index contributed by atoms with van der Waals surface area (Å²) in [5.41, 5.74) is 10.4.